The van der Waals surface area contributed by atoms with E-state index in [9.17, 15) is 16.8 Å². The number of ether oxygens (including phenoxy) is 1. The molecule has 0 atom stereocenters. The quantitative estimate of drug-likeness (QED) is 0.721. The first-order chi connectivity index (χ1) is 12.0. The number of aromatic nitrogens is 1. The van der Waals surface area contributed by atoms with Crippen LogP contribution in [0.15, 0.2) is 32.5 Å². The first-order valence-corrected chi connectivity index (χ1v) is 10.6. The molecular formula is C15H21N3O6S2. The predicted molar refractivity (Wildman–Crippen MR) is 95.2 cm³/mol. The first kappa shape index (κ1) is 20.2. The lowest BCUT2D eigenvalue weighted by Gasteiger charge is -2.14. The maximum Gasteiger partial charge on any atom is 0.267 e. The molecule has 144 valence electrons. The second kappa shape index (κ2) is 7.25. The molecule has 1 aromatic heterocycles. The van der Waals surface area contributed by atoms with Crippen LogP contribution in [0.3, 0.4) is 0 Å². The highest BCUT2D eigenvalue weighted by molar-refractivity contribution is 7.92. The summed E-state index contributed by atoms with van der Waals surface area (Å²) in [5.74, 6) is 0.294. The van der Waals surface area contributed by atoms with Crippen LogP contribution in [0.1, 0.15) is 25.3 Å². The zero-order valence-corrected chi connectivity index (χ0v) is 16.7. The number of sulfonamides is 2. The minimum Gasteiger partial charge on any atom is -0.495 e. The predicted octanol–water partition coefficient (Wildman–Crippen LogP) is 1.79. The average Bonchev–Trinajstić information content (AvgIpc) is 2.85. The van der Waals surface area contributed by atoms with E-state index in [2.05, 4.69) is 14.6 Å². The summed E-state index contributed by atoms with van der Waals surface area (Å²) in [6.45, 7) is 6.33. The second-order valence-corrected chi connectivity index (χ2v) is 9.23. The molecule has 0 spiro atoms. The highest BCUT2D eigenvalue weighted by Crippen LogP contribution is 2.31. The minimum absolute atomic E-state index is 0.0147. The number of hydrogen-bond donors (Lipinski definition) is 2. The highest BCUT2D eigenvalue weighted by atomic mass is 32.2. The van der Waals surface area contributed by atoms with Crippen LogP contribution < -0.4 is 14.2 Å². The average molecular weight is 403 g/mol. The number of nitrogens with one attached hydrogen (secondary N) is 2. The third-order valence-electron chi connectivity index (χ3n) is 3.35. The van der Waals surface area contributed by atoms with Gasteiger partial charge in [0.05, 0.1) is 17.7 Å². The van der Waals surface area contributed by atoms with Crippen molar-refractivity contribution in [3.05, 3.63) is 29.7 Å². The lowest BCUT2D eigenvalue weighted by atomic mass is 10.3. The zero-order chi connectivity index (χ0) is 19.7. The molecule has 9 nitrogen and oxygen atoms in total. The summed E-state index contributed by atoms with van der Waals surface area (Å²) in [4.78, 5) is -0.198. The van der Waals surface area contributed by atoms with Crippen LogP contribution in [0.4, 0.5) is 5.69 Å². The third-order valence-corrected chi connectivity index (χ3v) is 6.62. The van der Waals surface area contributed by atoms with Crippen molar-refractivity contribution in [3.8, 4) is 5.75 Å². The van der Waals surface area contributed by atoms with E-state index in [1.54, 1.807) is 13.8 Å². The first-order valence-electron chi connectivity index (χ1n) is 7.64. The number of methoxy groups -OCH3 is 1. The zero-order valence-electron chi connectivity index (χ0n) is 15.0. The van der Waals surface area contributed by atoms with Crippen LogP contribution in [0.25, 0.3) is 0 Å². The van der Waals surface area contributed by atoms with E-state index in [0.717, 1.165) is 0 Å². The molecule has 0 aliphatic heterocycles. The molecule has 0 radical (unpaired) electrons. The normalized spacial score (nSPS) is 12.4. The van der Waals surface area contributed by atoms with Gasteiger partial charge in [0.25, 0.3) is 10.0 Å². The van der Waals surface area contributed by atoms with Crippen molar-refractivity contribution in [2.24, 2.45) is 0 Å². The summed E-state index contributed by atoms with van der Waals surface area (Å²) in [6.07, 6.45) is 0. The Morgan fingerprint density at radius 1 is 1.12 bits per heavy atom. The summed E-state index contributed by atoms with van der Waals surface area (Å²) in [5.41, 5.74) is 0.179. The van der Waals surface area contributed by atoms with E-state index in [1.807, 2.05) is 0 Å². The number of benzene rings is 1. The number of aryl methyl sites for hydroxylation is 2. The summed E-state index contributed by atoms with van der Waals surface area (Å²) >= 11 is 0. The van der Waals surface area contributed by atoms with Crippen molar-refractivity contribution in [2.45, 2.75) is 43.5 Å². The molecule has 0 aliphatic rings. The molecule has 1 heterocycles. The summed E-state index contributed by atoms with van der Waals surface area (Å²) < 4.78 is 64.9. The van der Waals surface area contributed by atoms with Crippen LogP contribution >= 0.6 is 0 Å². The Balaban J connectivity index is 2.51. The molecule has 0 saturated carbocycles. The Labute approximate surface area is 152 Å². The minimum atomic E-state index is -4.05. The maximum absolute atomic E-state index is 12.7. The van der Waals surface area contributed by atoms with Gasteiger partial charge >= 0.3 is 0 Å². The Hall–Kier alpha value is -2.11. The number of nitrogens with zero attached hydrogens (tertiary/aromatic N) is 1. The van der Waals surface area contributed by atoms with Gasteiger partial charge in [-0.05, 0) is 45.9 Å². The van der Waals surface area contributed by atoms with E-state index in [0.29, 0.717) is 0 Å². The summed E-state index contributed by atoms with van der Waals surface area (Å²) in [5, 5.41) is 3.62. The molecule has 1 aromatic carbocycles. The Kier molecular flexibility index (Phi) is 5.64. The van der Waals surface area contributed by atoms with Gasteiger partial charge < -0.3 is 9.26 Å². The summed E-state index contributed by atoms with van der Waals surface area (Å²) in [6, 6.07) is 3.58. The standard InChI is InChI=1S/C15H21N3O6S2/c1-9(2)17-25(19,20)12-6-7-14(23-5)13(8-12)18-26(21,22)15-10(3)16-24-11(15)4/h6-9,17-18H,1-5H3. The van der Waals surface area contributed by atoms with E-state index in [1.165, 1.54) is 39.2 Å². The van der Waals surface area contributed by atoms with Gasteiger partial charge in [-0.15, -0.1) is 0 Å². The van der Waals surface area contributed by atoms with E-state index in [4.69, 9.17) is 9.26 Å². The van der Waals surface area contributed by atoms with Crippen molar-refractivity contribution >= 4 is 25.7 Å². The fourth-order valence-corrected chi connectivity index (χ4v) is 5.04. The molecule has 11 heteroatoms. The second-order valence-electron chi connectivity index (χ2n) is 5.90. The number of rotatable bonds is 7. The van der Waals surface area contributed by atoms with Crippen molar-refractivity contribution in [1.29, 1.82) is 0 Å². The van der Waals surface area contributed by atoms with Gasteiger partial charge in [-0.1, -0.05) is 5.16 Å². The molecule has 0 bridgehead atoms. The van der Waals surface area contributed by atoms with Crippen molar-refractivity contribution in [1.82, 2.24) is 9.88 Å². The van der Waals surface area contributed by atoms with Crippen molar-refractivity contribution < 1.29 is 26.1 Å². The molecule has 2 rings (SSSR count). The van der Waals surface area contributed by atoms with E-state index >= 15 is 0 Å². The molecule has 0 fully saturated rings. The van der Waals surface area contributed by atoms with Crippen LogP contribution in [-0.4, -0.2) is 35.1 Å². The van der Waals surface area contributed by atoms with Gasteiger partial charge in [0, 0.05) is 6.04 Å². The summed E-state index contributed by atoms with van der Waals surface area (Å²) in [7, 11) is -6.50. The fourth-order valence-electron chi connectivity index (χ4n) is 2.37. The molecule has 2 N–H and O–H groups in total. The molecule has 2 aromatic rings. The van der Waals surface area contributed by atoms with Crippen LogP contribution in [0.2, 0.25) is 0 Å². The largest absolute Gasteiger partial charge is 0.495 e. The van der Waals surface area contributed by atoms with Gasteiger partial charge in [0.2, 0.25) is 10.0 Å². The van der Waals surface area contributed by atoms with Gasteiger partial charge in [-0.3, -0.25) is 4.72 Å². The lowest BCUT2D eigenvalue weighted by molar-refractivity contribution is 0.390. The molecule has 0 saturated heterocycles. The Bertz CT molecular complexity index is 990. The van der Waals surface area contributed by atoms with Crippen LogP contribution in [-0.2, 0) is 20.0 Å². The monoisotopic (exact) mass is 403 g/mol. The van der Waals surface area contributed by atoms with Crippen molar-refractivity contribution in [3.63, 3.8) is 0 Å². The lowest BCUT2D eigenvalue weighted by Crippen LogP contribution is -2.30. The van der Waals surface area contributed by atoms with Crippen LogP contribution in [0, 0.1) is 13.8 Å². The molecule has 0 amide bonds. The Morgan fingerprint density at radius 3 is 2.27 bits per heavy atom. The maximum atomic E-state index is 12.7. The van der Waals surface area contributed by atoms with Crippen molar-refractivity contribution in [2.75, 3.05) is 11.8 Å². The molecule has 0 unspecified atom stereocenters. The number of anilines is 1. The highest BCUT2D eigenvalue weighted by Gasteiger charge is 2.26. The third kappa shape index (κ3) is 4.17. The van der Waals surface area contributed by atoms with Gasteiger partial charge in [-0.2, -0.15) is 0 Å². The number of hydrogen-bond acceptors (Lipinski definition) is 7. The van der Waals surface area contributed by atoms with E-state index in [-0.39, 0.29) is 38.7 Å². The van der Waals surface area contributed by atoms with Gasteiger partial charge in [0.15, 0.2) is 10.7 Å². The topological polar surface area (TPSA) is 128 Å². The molecule has 26 heavy (non-hydrogen) atoms. The smallest absolute Gasteiger partial charge is 0.267 e. The molecular weight excluding hydrogens is 382 g/mol. The van der Waals surface area contributed by atoms with Gasteiger partial charge in [-0.25, -0.2) is 21.6 Å². The van der Waals surface area contributed by atoms with Crippen LogP contribution in [0.5, 0.6) is 5.75 Å². The SMILES string of the molecule is COc1ccc(S(=O)(=O)NC(C)C)cc1NS(=O)(=O)c1c(C)noc1C. The Morgan fingerprint density at radius 2 is 1.77 bits per heavy atom. The van der Waals surface area contributed by atoms with Gasteiger partial charge in [0.1, 0.15) is 11.4 Å². The fraction of sp³-hybridized carbons (Fsp3) is 0.400. The molecule has 0 aliphatic carbocycles. The van der Waals surface area contributed by atoms with E-state index < -0.39 is 20.0 Å².